The maximum Gasteiger partial charge on any atom is 0.338 e. The van der Waals surface area contributed by atoms with E-state index in [0.717, 1.165) is 0 Å². The van der Waals surface area contributed by atoms with E-state index in [4.69, 9.17) is 32.7 Å². The van der Waals surface area contributed by atoms with Crippen LogP contribution in [0.3, 0.4) is 0 Å². The first-order chi connectivity index (χ1) is 16.3. The highest BCUT2D eigenvalue weighted by molar-refractivity contribution is 6.31. The summed E-state index contributed by atoms with van der Waals surface area (Å²) in [4.78, 5) is 37.8. The summed E-state index contributed by atoms with van der Waals surface area (Å²) in [6.45, 7) is 3.69. The molecule has 176 valence electrons. The molecule has 9 heteroatoms. The van der Waals surface area contributed by atoms with Gasteiger partial charge in [0.25, 0.3) is 11.8 Å². The molecule has 0 fully saturated rings. The van der Waals surface area contributed by atoms with Gasteiger partial charge in [-0.15, -0.1) is 0 Å². The molecule has 0 bridgehead atoms. The van der Waals surface area contributed by atoms with Crippen molar-refractivity contribution in [1.82, 2.24) is 0 Å². The quantitative estimate of drug-likeness (QED) is 0.379. The summed E-state index contributed by atoms with van der Waals surface area (Å²) in [5.74, 6) is -1.20. The Morgan fingerprint density at radius 1 is 0.853 bits per heavy atom. The van der Waals surface area contributed by atoms with Crippen LogP contribution in [-0.4, -0.2) is 30.5 Å². The lowest BCUT2D eigenvalue weighted by molar-refractivity contribution is -0.123. The van der Waals surface area contributed by atoms with E-state index < -0.39 is 23.9 Å². The van der Waals surface area contributed by atoms with Gasteiger partial charge in [-0.2, -0.15) is 0 Å². The lowest BCUT2D eigenvalue weighted by Crippen LogP contribution is -2.30. The third kappa shape index (κ3) is 6.73. The number of carbonyl (C=O) groups excluding carboxylic acids is 3. The van der Waals surface area contributed by atoms with Gasteiger partial charge in [0.05, 0.1) is 23.5 Å². The van der Waals surface area contributed by atoms with Gasteiger partial charge in [-0.1, -0.05) is 35.3 Å². The molecule has 7 nitrogen and oxygen atoms in total. The topological polar surface area (TPSA) is 93.7 Å². The molecule has 3 aromatic rings. The number of ether oxygens (including phenoxy) is 2. The average Bonchev–Trinajstić information content (AvgIpc) is 2.80. The zero-order valence-corrected chi connectivity index (χ0v) is 19.9. The molecule has 1 atom stereocenters. The van der Waals surface area contributed by atoms with Gasteiger partial charge in [0.2, 0.25) is 0 Å². The molecule has 2 amide bonds. The Bertz CT molecular complexity index is 1220. The Hall–Kier alpha value is -3.55. The summed E-state index contributed by atoms with van der Waals surface area (Å²) in [6, 6.07) is 17.5. The van der Waals surface area contributed by atoms with Gasteiger partial charge >= 0.3 is 5.97 Å². The van der Waals surface area contributed by atoms with E-state index in [1.54, 1.807) is 48.5 Å². The monoisotopic (exact) mass is 500 g/mol. The molecule has 0 radical (unpaired) electrons. The highest BCUT2D eigenvalue weighted by Gasteiger charge is 2.21. The second-order valence-corrected chi connectivity index (χ2v) is 8.02. The number of hydrogen-bond donors (Lipinski definition) is 2. The standard InChI is InChI=1S/C25H22Cl2N2O5/c1-3-33-20-10-11-21(22(14-20)29-24(31)16-6-4-8-18(26)12-16)28-23(30)15(2)34-25(32)17-7-5-9-19(27)13-17/h4-15H,3H2,1-2H3,(H,28,30)(H,29,31)/t15-/m0/s1. The van der Waals surface area contributed by atoms with Crippen LogP contribution in [0.15, 0.2) is 66.7 Å². The van der Waals surface area contributed by atoms with Crippen molar-refractivity contribution in [3.05, 3.63) is 87.9 Å². The van der Waals surface area contributed by atoms with E-state index in [1.165, 1.54) is 25.1 Å². The predicted molar refractivity (Wildman–Crippen MR) is 132 cm³/mol. The van der Waals surface area contributed by atoms with Gasteiger partial charge < -0.3 is 20.1 Å². The number of esters is 1. The lowest BCUT2D eigenvalue weighted by atomic mass is 10.2. The first-order valence-corrected chi connectivity index (χ1v) is 11.1. The highest BCUT2D eigenvalue weighted by atomic mass is 35.5. The van der Waals surface area contributed by atoms with Crippen molar-refractivity contribution < 1.29 is 23.9 Å². The predicted octanol–water partition coefficient (Wildman–Crippen LogP) is 5.83. The van der Waals surface area contributed by atoms with E-state index >= 15 is 0 Å². The lowest BCUT2D eigenvalue weighted by Gasteiger charge is -2.17. The Morgan fingerprint density at radius 2 is 1.50 bits per heavy atom. The van der Waals surface area contributed by atoms with Gasteiger partial charge in [0, 0.05) is 21.7 Å². The number of rotatable bonds is 8. The molecule has 3 aromatic carbocycles. The maximum absolute atomic E-state index is 12.7. The molecular formula is C25H22Cl2N2O5. The summed E-state index contributed by atoms with van der Waals surface area (Å²) in [5.41, 5.74) is 1.17. The summed E-state index contributed by atoms with van der Waals surface area (Å²) in [7, 11) is 0. The second-order valence-electron chi connectivity index (χ2n) is 7.15. The van der Waals surface area contributed by atoms with E-state index in [-0.39, 0.29) is 5.56 Å². The van der Waals surface area contributed by atoms with Crippen LogP contribution in [0.5, 0.6) is 5.75 Å². The van der Waals surface area contributed by atoms with Crippen LogP contribution < -0.4 is 15.4 Å². The van der Waals surface area contributed by atoms with Crippen molar-refractivity contribution in [2.45, 2.75) is 20.0 Å². The third-order valence-corrected chi connectivity index (χ3v) is 5.08. The van der Waals surface area contributed by atoms with Crippen molar-refractivity contribution >= 4 is 52.4 Å². The van der Waals surface area contributed by atoms with Crippen LogP contribution in [0.4, 0.5) is 11.4 Å². The average molecular weight is 501 g/mol. The normalized spacial score (nSPS) is 11.3. The number of anilines is 2. The van der Waals surface area contributed by atoms with Crippen LogP contribution in [0.1, 0.15) is 34.6 Å². The van der Waals surface area contributed by atoms with Crippen molar-refractivity contribution in [3.8, 4) is 5.75 Å². The molecule has 34 heavy (non-hydrogen) atoms. The van der Waals surface area contributed by atoms with Crippen LogP contribution in [0, 0.1) is 0 Å². The summed E-state index contributed by atoms with van der Waals surface area (Å²) in [5, 5.41) is 6.23. The molecule has 0 heterocycles. The smallest absolute Gasteiger partial charge is 0.338 e. The molecule has 0 spiro atoms. The van der Waals surface area contributed by atoms with Crippen LogP contribution in [0.25, 0.3) is 0 Å². The molecule has 0 aliphatic carbocycles. The fourth-order valence-electron chi connectivity index (χ4n) is 2.95. The zero-order chi connectivity index (χ0) is 24.7. The van der Waals surface area contributed by atoms with Gasteiger partial charge in [0.1, 0.15) is 5.75 Å². The molecule has 0 aliphatic heterocycles. The van der Waals surface area contributed by atoms with Crippen molar-refractivity contribution in [3.63, 3.8) is 0 Å². The molecule has 3 rings (SSSR count). The Morgan fingerprint density at radius 3 is 2.15 bits per heavy atom. The van der Waals surface area contributed by atoms with E-state index in [1.807, 2.05) is 6.92 Å². The summed E-state index contributed by atoms with van der Waals surface area (Å²) < 4.78 is 10.8. The van der Waals surface area contributed by atoms with E-state index in [9.17, 15) is 14.4 Å². The Balaban J connectivity index is 1.76. The number of carbonyl (C=O) groups is 3. The van der Waals surface area contributed by atoms with Crippen LogP contribution >= 0.6 is 23.2 Å². The molecular weight excluding hydrogens is 479 g/mol. The first-order valence-electron chi connectivity index (χ1n) is 10.4. The number of nitrogens with one attached hydrogen (secondary N) is 2. The minimum absolute atomic E-state index is 0.225. The number of hydrogen-bond acceptors (Lipinski definition) is 5. The molecule has 0 aliphatic rings. The molecule has 2 N–H and O–H groups in total. The van der Waals surface area contributed by atoms with Crippen molar-refractivity contribution in [1.29, 1.82) is 0 Å². The first kappa shape index (κ1) is 25.1. The fraction of sp³-hybridized carbons (Fsp3) is 0.160. The number of benzene rings is 3. The molecule has 0 saturated heterocycles. The second kappa shape index (κ2) is 11.5. The number of halogens is 2. The molecule has 0 unspecified atom stereocenters. The largest absolute Gasteiger partial charge is 0.494 e. The summed E-state index contributed by atoms with van der Waals surface area (Å²) in [6.07, 6.45) is -1.12. The fourth-order valence-corrected chi connectivity index (χ4v) is 3.33. The zero-order valence-electron chi connectivity index (χ0n) is 18.4. The van der Waals surface area contributed by atoms with Crippen LogP contribution in [0.2, 0.25) is 10.0 Å². The maximum atomic E-state index is 12.7. The Kier molecular flexibility index (Phi) is 8.51. The van der Waals surface area contributed by atoms with Gasteiger partial charge in [0.15, 0.2) is 6.10 Å². The van der Waals surface area contributed by atoms with E-state index in [2.05, 4.69) is 10.6 Å². The summed E-state index contributed by atoms with van der Waals surface area (Å²) >= 11 is 11.9. The van der Waals surface area contributed by atoms with Gasteiger partial charge in [-0.05, 0) is 62.4 Å². The van der Waals surface area contributed by atoms with Crippen molar-refractivity contribution in [2.24, 2.45) is 0 Å². The van der Waals surface area contributed by atoms with Crippen LogP contribution in [-0.2, 0) is 9.53 Å². The SMILES string of the molecule is CCOc1ccc(NC(=O)[C@H](C)OC(=O)c2cccc(Cl)c2)c(NC(=O)c2cccc(Cl)c2)c1. The minimum Gasteiger partial charge on any atom is -0.494 e. The Labute approximate surface area is 207 Å². The van der Waals surface area contributed by atoms with Crippen molar-refractivity contribution in [2.75, 3.05) is 17.2 Å². The van der Waals surface area contributed by atoms with E-state index in [0.29, 0.717) is 39.3 Å². The highest BCUT2D eigenvalue weighted by Crippen LogP contribution is 2.28. The van der Waals surface area contributed by atoms with Gasteiger partial charge in [-0.25, -0.2) is 4.79 Å². The number of amides is 2. The molecule has 0 aromatic heterocycles. The third-order valence-electron chi connectivity index (χ3n) is 4.61. The minimum atomic E-state index is -1.12. The molecule has 0 saturated carbocycles. The van der Waals surface area contributed by atoms with Gasteiger partial charge in [-0.3, -0.25) is 9.59 Å².